The predicted octanol–water partition coefficient (Wildman–Crippen LogP) is 1.98. The van der Waals surface area contributed by atoms with Gasteiger partial charge in [-0.15, -0.1) is 0 Å². The van der Waals surface area contributed by atoms with Gasteiger partial charge in [-0.25, -0.2) is 4.79 Å². The maximum Gasteiger partial charge on any atom is 0.331 e. The molecule has 0 radical (unpaired) electrons. The van der Waals surface area contributed by atoms with Crippen molar-refractivity contribution in [2.24, 2.45) is 11.8 Å². The minimum atomic E-state index is -0.740. The number of hydrogen-bond acceptors (Lipinski definition) is 1. The average Bonchev–Trinajstić information content (AvgIpc) is 2.49. The van der Waals surface area contributed by atoms with Crippen LogP contribution in [0, 0.1) is 11.8 Å². The SMILES string of the molecule is O=C(O)C1=CCC[C@H]2CC=C[C@@H]12. The van der Waals surface area contributed by atoms with Crippen molar-refractivity contribution in [3.05, 3.63) is 23.8 Å². The first-order valence-electron chi connectivity index (χ1n) is 4.39. The zero-order chi connectivity index (χ0) is 8.55. The fourth-order valence-corrected chi connectivity index (χ4v) is 2.18. The third-order valence-electron chi connectivity index (χ3n) is 2.80. The van der Waals surface area contributed by atoms with Crippen LogP contribution in [0.4, 0.5) is 0 Å². The second-order valence-electron chi connectivity index (χ2n) is 3.49. The van der Waals surface area contributed by atoms with E-state index in [-0.39, 0.29) is 5.92 Å². The summed E-state index contributed by atoms with van der Waals surface area (Å²) in [6, 6.07) is 0. The Labute approximate surface area is 71.6 Å². The fourth-order valence-electron chi connectivity index (χ4n) is 2.18. The molecule has 0 aromatic heterocycles. The molecule has 2 aliphatic rings. The van der Waals surface area contributed by atoms with Crippen LogP contribution in [0.1, 0.15) is 19.3 Å². The molecule has 0 saturated heterocycles. The van der Waals surface area contributed by atoms with E-state index in [0.29, 0.717) is 11.5 Å². The molecule has 2 aliphatic carbocycles. The highest BCUT2D eigenvalue weighted by Crippen LogP contribution is 2.38. The molecule has 0 bridgehead atoms. The number of fused-ring (bicyclic) bond motifs is 1. The van der Waals surface area contributed by atoms with Gasteiger partial charge in [-0.2, -0.15) is 0 Å². The summed E-state index contributed by atoms with van der Waals surface area (Å²) in [7, 11) is 0. The number of allylic oxidation sites excluding steroid dienone is 3. The average molecular weight is 164 g/mol. The van der Waals surface area contributed by atoms with Crippen molar-refractivity contribution in [2.75, 3.05) is 0 Å². The van der Waals surface area contributed by atoms with E-state index in [1.165, 1.54) is 0 Å². The van der Waals surface area contributed by atoms with E-state index in [2.05, 4.69) is 6.08 Å². The van der Waals surface area contributed by atoms with Gasteiger partial charge in [0.05, 0.1) is 0 Å². The molecule has 2 rings (SSSR count). The Kier molecular flexibility index (Phi) is 1.75. The topological polar surface area (TPSA) is 37.3 Å². The van der Waals surface area contributed by atoms with E-state index in [0.717, 1.165) is 19.3 Å². The highest BCUT2D eigenvalue weighted by atomic mass is 16.4. The van der Waals surface area contributed by atoms with Crippen molar-refractivity contribution in [3.8, 4) is 0 Å². The van der Waals surface area contributed by atoms with Gasteiger partial charge in [-0.1, -0.05) is 18.2 Å². The maximum absolute atomic E-state index is 10.8. The first-order valence-corrected chi connectivity index (χ1v) is 4.39. The highest BCUT2D eigenvalue weighted by molar-refractivity contribution is 5.88. The van der Waals surface area contributed by atoms with Crippen molar-refractivity contribution < 1.29 is 9.90 Å². The Morgan fingerprint density at radius 2 is 2.42 bits per heavy atom. The molecule has 0 heterocycles. The molecule has 2 heteroatoms. The summed E-state index contributed by atoms with van der Waals surface area (Å²) in [5.41, 5.74) is 0.611. The summed E-state index contributed by atoms with van der Waals surface area (Å²) >= 11 is 0. The molecule has 0 aromatic carbocycles. The molecule has 0 amide bonds. The lowest BCUT2D eigenvalue weighted by molar-refractivity contribution is -0.133. The number of rotatable bonds is 1. The lowest BCUT2D eigenvalue weighted by Gasteiger charge is -2.23. The lowest BCUT2D eigenvalue weighted by Crippen LogP contribution is -2.20. The first kappa shape index (κ1) is 7.59. The third kappa shape index (κ3) is 1.07. The summed E-state index contributed by atoms with van der Waals surface area (Å²) in [5, 5.41) is 8.88. The number of carboxylic acids is 1. The third-order valence-corrected chi connectivity index (χ3v) is 2.80. The molecule has 0 aromatic rings. The number of carbonyl (C=O) groups is 1. The molecule has 0 fully saturated rings. The van der Waals surface area contributed by atoms with Crippen LogP contribution < -0.4 is 0 Å². The second kappa shape index (κ2) is 2.77. The summed E-state index contributed by atoms with van der Waals surface area (Å²) < 4.78 is 0. The van der Waals surface area contributed by atoms with E-state index in [9.17, 15) is 4.79 Å². The monoisotopic (exact) mass is 164 g/mol. The van der Waals surface area contributed by atoms with E-state index in [1.54, 1.807) is 0 Å². The Bertz CT molecular complexity index is 263. The Balaban J connectivity index is 2.26. The van der Waals surface area contributed by atoms with Gasteiger partial charge in [0.2, 0.25) is 0 Å². The maximum atomic E-state index is 10.8. The molecule has 0 aliphatic heterocycles. The number of aliphatic carboxylic acids is 1. The standard InChI is InChI=1S/C10H12O2/c11-10(12)9-6-2-4-7-3-1-5-8(7)9/h1,5-8H,2-4H2,(H,11,12)/t7-,8-/m1/s1. The minimum Gasteiger partial charge on any atom is -0.478 e. The van der Waals surface area contributed by atoms with Crippen molar-refractivity contribution >= 4 is 5.97 Å². The van der Waals surface area contributed by atoms with Crippen LogP contribution in [0.2, 0.25) is 0 Å². The molecule has 64 valence electrons. The van der Waals surface area contributed by atoms with Crippen molar-refractivity contribution in [2.45, 2.75) is 19.3 Å². The summed E-state index contributed by atoms with van der Waals surface area (Å²) in [6.45, 7) is 0. The van der Waals surface area contributed by atoms with E-state index in [1.807, 2.05) is 12.2 Å². The summed E-state index contributed by atoms with van der Waals surface area (Å²) in [4.78, 5) is 10.8. The van der Waals surface area contributed by atoms with Gasteiger partial charge in [-0.05, 0) is 25.2 Å². The predicted molar refractivity (Wildman–Crippen MR) is 45.7 cm³/mol. The van der Waals surface area contributed by atoms with Crippen LogP contribution in [0.15, 0.2) is 23.8 Å². The number of carboxylic acid groups (broad SMARTS) is 1. The molecule has 0 saturated carbocycles. The molecule has 0 unspecified atom stereocenters. The highest BCUT2D eigenvalue weighted by Gasteiger charge is 2.31. The second-order valence-corrected chi connectivity index (χ2v) is 3.49. The number of hydrogen-bond donors (Lipinski definition) is 1. The Hall–Kier alpha value is -1.05. The van der Waals surface area contributed by atoms with Crippen molar-refractivity contribution in [1.82, 2.24) is 0 Å². The van der Waals surface area contributed by atoms with Gasteiger partial charge in [0.1, 0.15) is 0 Å². The van der Waals surface area contributed by atoms with Crippen LogP contribution in [-0.2, 0) is 4.79 Å². The zero-order valence-corrected chi connectivity index (χ0v) is 6.86. The minimum absolute atomic E-state index is 0.205. The van der Waals surface area contributed by atoms with Gasteiger partial charge in [-0.3, -0.25) is 0 Å². The molecule has 1 N–H and O–H groups in total. The Morgan fingerprint density at radius 1 is 1.58 bits per heavy atom. The smallest absolute Gasteiger partial charge is 0.331 e. The molecule has 2 nitrogen and oxygen atoms in total. The van der Waals surface area contributed by atoms with Gasteiger partial charge in [0.15, 0.2) is 0 Å². The van der Waals surface area contributed by atoms with Crippen LogP contribution in [0.3, 0.4) is 0 Å². The van der Waals surface area contributed by atoms with Gasteiger partial charge in [0, 0.05) is 11.5 Å². The fraction of sp³-hybridized carbons (Fsp3) is 0.500. The van der Waals surface area contributed by atoms with Crippen LogP contribution in [0.5, 0.6) is 0 Å². The van der Waals surface area contributed by atoms with Crippen molar-refractivity contribution in [1.29, 1.82) is 0 Å². The molecule has 2 atom stereocenters. The quantitative estimate of drug-likeness (QED) is 0.602. The van der Waals surface area contributed by atoms with Gasteiger partial charge in [0.25, 0.3) is 0 Å². The lowest BCUT2D eigenvalue weighted by atomic mass is 9.80. The largest absolute Gasteiger partial charge is 0.478 e. The zero-order valence-electron chi connectivity index (χ0n) is 6.86. The molecular formula is C10H12O2. The molecule has 12 heavy (non-hydrogen) atoms. The van der Waals surface area contributed by atoms with E-state index >= 15 is 0 Å². The van der Waals surface area contributed by atoms with Crippen molar-refractivity contribution in [3.63, 3.8) is 0 Å². The molecular weight excluding hydrogens is 152 g/mol. The Morgan fingerprint density at radius 3 is 3.17 bits per heavy atom. The van der Waals surface area contributed by atoms with E-state index < -0.39 is 5.97 Å². The first-order chi connectivity index (χ1) is 5.79. The normalized spacial score (nSPS) is 32.8. The van der Waals surface area contributed by atoms with Crippen LogP contribution in [0.25, 0.3) is 0 Å². The van der Waals surface area contributed by atoms with Crippen LogP contribution >= 0.6 is 0 Å². The van der Waals surface area contributed by atoms with Gasteiger partial charge < -0.3 is 5.11 Å². The summed E-state index contributed by atoms with van der Waals surface area (Å²) in [5.74, 6) is 0.0357. The van der Waals surface area contributed by atoms with Gasteiger partial charge >= 0.3 is 5.97 Å². The molecule has 0 spiro atoms. The van der Waals surface area contributed by atoms with E-state index in [4.69, 9.17) is 5.11 Å². The summed E-state index contributed by atoms with van der Waals surface area (Å²) in [6.07, 6.45) is 9.18. The van der Waals surface area contributed by atoms with Crippen LogP contribution in [-0.4, -0.2) is 11.1 Å².